The minimum absolute atomic E-state index is 0.608. The summed E-state index contributed by atoms with van der Waals surface area (Å²) in [5.74, 6) is 1.73. The molecular weight excluding hydrogens is 206 g/mol. The minimum Gasteiger partial charge on any atom is -0.496 e. The van der Waals surface area contributed by atoms with Gasteiger partial charge in [-0.05, 0) is 12.5 Å². The third-order valence-electron chi connectivity index (χ3n) is 2.48. The van der Waals surface area contributed by atoms with Gasteiger partial charge < -0.3 is 14.3 Å². The molecule has 90 valence electrons. The van der Waals surface area contributed by atoms with Crippen LogP contribution in [0.5, 0.6) is 11.5 Å². The maximum Gasteiger partial charge on any atom is 0.130 e. The molecule has 0 unspecified atom stereocenters. The van der Waals surface area contributed by atoms with Gasteiger partial charge in [0.05, 0.1) is 21.3 Å². The molecule has 0 aliphatic carbocycles. The largest absolute Gasteiger partial charge is 0.496 e. The van der Waals surface area contributed by atoms with Crippen molar-refractivity contribution in [3.05, 3.63) is 23.3 Å². The van der Waals surface area contributed by atoms with Crippen molar-refractivity contribution in [1.82, 2.24) is 5.48 Å². The van der Waals surface area contributed by atoms with E-state index in [1.807, 2.05) is 12.1 Å². The van der Waals surface area contributed by atoms with Gasteiger partial charge in [0.15, 0.2) is 0 Å². The van der Waals surface area contributed by atoms with Gasteiger partial charge in [-0.3, -0.25) is 0 Å². The van der Waals surface area contributed by atoms with E-state index in [2.05, 4.69) is 12.4 Å². The quantitative estimate of drug-likeness (QED) is 0.751. The smallest absolute Gasteiger partial charge is 0.130 e. The van der Waals surface area contributed by atoms with E-state index in [9.17, 15) is 0 Å². The van der Waals surface area contributed by atoms with Crippen LogP contribution in [0.15, 0.2) is 12.1 Å². The summed E-state index contributed by atoms with van der Waals surface area (Å²) in [6, 6.07) is 3.93. The zero-order valence-electron chi connectivity index (χ0n) is 10.3. The molecule has 0 spiro atoms. The fourth-order valence-electron chi connectivity index (χ4n) is 1.73. The van der Waals surface area contributed by atoms with Crippen LogP contribution in [0.2, 0.25) is 0 Å². The Kier molecular flexibility index (Phi) is 5.08. The normalized spacial score (nSPS) is 10.2. The Balaban J connectivity index is 3.10. The molecule has 0 radical (unpaired) electrons. The second-order valence-electron chi connectivity index (χ2n) is 3.32. The SMILES string of the molecule is CCc1c(OC)ccc(CNOC)c1OC. The molecule has 1 N–H and O–H groups in total. The highest BCUT2D eigenvalue weighted by molar-refractivity contribution is 5.50. The number of methoxy groups -OCH3 is 2. The van der Waals surface area contributed by atoms with Gasteiger partial charge in [-0.15, -0.1) is 0 Å². The van der Waals surface area contributed by atoms with Gasteiger partial charge in [0.25, 0.3) is 0 Å². The molecule has 0 saturated carbocycles. The van der Waals surface area contributed by atoms with Crippen LogP contribution in [-0.4, -0.2) is 21.3 Å². The van der Waals surface area contributed by atoms with Crippen LogP contribution in [-0.2, 0) is 17.8 Å². The number of hydrogen-bond acceptors (Lipinski definition) is 4. The lowest BCUT2D eigenvalue weighted by molar-refractivity contribution is 0.0861. The highest BCUT2D eigenvalue weighted by atomic mass is 16.6. The topological polar surface area (TPSA) is 39.7 Å². The van der Waals surface area contributed by atoms with Crippen LogP contribution in [0.25, 0.3) is 0 Å². The Labute approximate surface area is 96.5 Å². The molecule has 1 aromatic carbocycles. The predicted octanol–water partition coefficient (Wildman–Crippen LogP) is 1.92. The van der Waals surface area contributed by atoms with Gasteiger partial charge >= 0.3 is 0 Å². The fourth-order valence-corrected chi connectivity index (χ4v) is 1.73. The Morgan fingerprint density at radius 2 is 1.88 bits per heavy atom. The van der Waals surface area contributed by atoms with Crippen molar-refractivity contribution in [2.75, 3.05) is 21.3 Å². The molecule has 0 aliphatic rings. The van der Waals surface area contributed by atoms with E-state index in [1.54, 1.807) is 21.3 Å². The Morgan fingerprint density at radius 1 is 1.12 bits per heavy atom. The summed E-state index contributed by atoms with van der Waals surface area (Å²) in [5.41, 5.74) is 4.95. The first-order chi connectivity index (χ1) is 7.78. The lowest BCUT2D eigenvalue weighted by Crippen LogP contribution is -2.12. The van der Waals surface area contributed by atoms with Gasteiger partial charge in [-0.1, -0.05) is 13.0 Å². The van der Waals surface area contributed by atoms with Gasteiger partial charge in [-0.2, -0.15) is 5.48 Å². The molecule has 0 bridgehead atoms. The van der Waals surface area contributed by atoms with Gasteiger partial charge in [-0.25, -0.2) is 0 Å². The van der Waals surface area contributed by atoms with Gasteiger partial charge in [0.2, 0.25) is 0 Å². The molecule has 0 saturated heterocycles. The van der Waals surface area contributed by atoms with Crippen LogP contribution >= 0.6 is 0 Å². The van der Waals surface area contributed by atoms with Gasteiger partial charge in [0, 0.05) is 17.7 Å². The molecule has 1 rings (SSSR count). The molecule has 4 nitrogen and oxygen atoms in total. The average molecular weight is 225 g/mol. The molecule has 0 aliphatic heterocycles. The van der Waals surface area contributed by atoms with E-state index in [1.165, 1.54) is 0 Å². The molecule has 0 aromatic heterocycles. The van der Waals surface area contributed by atoms with Crippen molar-refractivity contribution in [3.63, 3.8) is 0 Å². The third-order valence-corrected chi connectivity index (χ3v) is 2.48. The zero-order chi connectivity index (χ0) is 12.0. The van der Waals surface area contributed by atoms with E-state index >= 15 is 0 Å². The molecule has 0 heterocycles. The van der Waals surface area contributed by atoms with Crippen LogP contribution in [0, 0.1) is 0 Å². The molecule has 0 atom stereocenters. The summed E-state index contributed by atoms with van der Waals surface area (Å²) in [4.78, 5) is 4.84. The van der Waals surface area contributed by atoms with Crippen LogP contribution < -0.4 is 15.0 Å². The van der Waals surface area contributed by atoms with E-state index in [0.29, 0.717) is 6.54 Å². The standard InChI is InChI=1S/C12H19NO3/c1-5-10-11(14-2)7-6-9(8-13-16-4)12(10)15-3/h6-7,13H,5,8H2,1-4H3. The molecule has 0 fully saturated rings. The van der Waals surface area contributed by atoms with Crippen LogP contribution in [0.4, 0.5) is 0 Å². The highest BCUT2D eigenvalue weighted by Gasteiger charge is 2.12. The van der Waals surface area contributed by atoms with Crippen LogP contribution in [0.1, 0.15) is 18.1 Å². The van der Waals surface area contributed by atoms with Crippen molar-refractivity contribution in [3.8, 4) is 11.5 Å². The molecule has 1 aromatic rings. The van der Waals surface area contributed by atoms with Crippen molar-refractivity contribution < 1.29 is 14.3 Å². The van der Waals surface area contributed by atoms with Crippen molar-refractivity contribution in [2.45, 2.75) is 19.9 Å². The first kappa shape index (κ1) is 12.8. The second-order valence-corrected chi connectivity index (χ2v) is 3.32. The maximum absolute atomic E-state index is 5.43. The molecule has 4 heteroatoms. The lowest BCUT2D eigenvalue weighted by atomic mass is 10.1. The maximum atomic E-state index is 5.43. The number of nitrogens with one attached hydrogen (secondary N) is 1. The first-order valence-corrected chi connectivity index (χ1v) is 5.27. The van der Waals surface area contributed by atoms with Crippen LogP contribution in [0.3, 0.4) is 0 Å². The summed E-state index contributed by atoms with van der Waals surface area (Å²) >= 11 is 0. The van der Waals surface area contributed by atoms with E-state index in [-0.39, 0.29) is 0 Å². The number of ether oxygens (including phenoxy) is 2. The van der Waals surface area contributed by atoms with Crippen molar-refractivity contribution >= 4 is 0 Å². The molecule has 16 heavy (non-hydrogen) atoms. The van der Waals surface area contributed by atoms with E-state index < -0.39 is 0 Å². The second kappa shape index (κ2) is 6.35. The Morgan fingerprint density at radius 3 is 2.38 bits per heavy atom. The van der Waals surface area contributed by atoms with E-state index in [0.717, 1.165) is 29.0 Å². The highest BCUT2D eigenvalue weighted by Crippen LogP contribution is 2.32. The van der Waals surface area contributed by atoms with Crippen molar-refractivity contribution in [1.29, 1.82) is 0 Å². The van der Waals surface area contributed by atoms with Crippen molar-refractivity contribution in [2.24, 2.45) is 0 Å². The summed E-state index contributed by atoms with van der Waals surface area (Å²) < 4.78 is 10.7. The number of hydroxylamine groups is 1. The predicted molar refractivity (Wildman–Crippen MR) is 62.8 cm³/mol. The first-order valence-electron chi connectivity index (χ1n) is 5.27. The summed E-state index contributed by atoms with van der Waals surface area (Å²) in [7, 11) is 4.93. The Hall–Kier alpha value is -1.26. The monoisotopic (exact) mass is 225 g/mol. The fraction of sp³-hybridized carbons (Fsp3) is 0.500. The number of hydrogen-bond donors (Lipinski definition) is 1. The van der Waals surface area contributed by atoms with Gasteiger partial charge in [0.1, 0.15) is 11.5 Å². The summed E-state index contributed by atoms with van der Waals surface area (Å²) in [6.07, 6.45) is 0.868. The molecule has 0 amide bonds. The third kappa shape index (κ3) is 2.65. The average Bonchev–Trinajstić information content (AvgIpc) is 2.34. The summed E-state index contributed by atoms with van der Waals surface area (Å²) in [5, 5.41) is 0. The number of rotatable bonds is 6. The summed E-state index contributed by atoms with van der Waals surface area (Å²) in [6.45, 7) is 2.69. The van der Waals surface area contributed by atoms with E-state index in [4.69, 9.17) is 14.3 Å². The minimum atomic E-state index is 0.608. The zero-order valence-corrected chi connectivity index (χ0v) is 10.3. The molecular formula is C12H19NO3. The lowest BCUT2D eigenvalue weighted by Gasteiger charge is -2.15. The number of benzene rings is 1. The Bertz CT molecular complexity index is 339.